The standard InChI is InChI=1S/C19H16Cl2N2/c20-17-7-3-15(4-8-17)19(16-5-9-18(21)10-6-16)2-1-12-23-13-11-22-14-23/h2-11,13-14H,1,12H2. The maximum Gasteiger partial charge on any atom is 0.0946 e. The summed E-state index contributed by atoms with van der Waals surface area (Å²) in [5.41, 5.74) is 3.46. The molecule has 0 amide bonds. The molecule has 3 rings (SSSR count). The van der Waals surface area contributed by atoms with Crippen LogP contribution in [0.2, 0.25) is 10.0 Å². The Labute approximate surface area is 146 Å². The molecule has 0 aliphatic carbocycles. The molecule has 3 aromatic rings. The van der Waals surface area contributed by atoms with E-state index in [0.29, 0.717) is 0 Å². The summed E-state index contributed by atoms with van der Waals surface area (Å²) >= 11 is 12.0. The summed E-state index contributed by atoms with van der Waals surface area (Å²) in [6.45, 7) is 0.894. The number of rotatable bonds is 5. The van der Waals surface area contributed by atoms with Gasteiger partial charge < -0.3 is 4.57 Å². The van der Waals surface area contributed by atoms with E-state index in [4.69, 9.17) is 23.2 Å². The minimum absolute atomic E-state index is 0.739. The Hall–Kier alpha value is -2.03. The van der Waals surface area contributed by atoms with Crippen LogP contribution >= 0.6 is 23.2 Å². The zero-order chi connectivity index (χ0) is 16.1. The molecule has 0 unspecified atom stereocenters. The molecule has 4 heteroatoms. The minimum atomic E-state index is 0.739. The third-order valence-electron chi connectivity index (χ3n) is 3.61. The molecule has 0 atom stereocenters. The van der Waals surface area contributed by atoms with Crippen LogP contribution in [0.3, 0.4) is 0 Å². The molecule has 0 N–H and O–H groups in total. The van der Waals surface area contributed by atoms with Gasteiger partial charge in [0.1, 0.15) is 0 Å². The first kappa shape index (κ1) is 15.9. The van der Waals surface area contributed by atoms with Gasteiger partial charge in [-0.2, -0.15) is 0 Å². The molecular weight excluding hydrogens is 327 g/mol. The number of imidazole rings is 1. The Bertz CT molecular complexity index is 726. The first-order chi connectivity index (χ1) is 11.2. The van der Waals surface area contributed by atoms with Crippen molar-refractivity contribution >= 4 is 28.8 Å². The normalized spacial score (nSPS) is 10.5. The maximum atomic E-state index is 6.01. The Morgan fingerprint density at radius 1 is 0.913 bits per heavy atom. The quantitative estimate of drug-likeness (QED) is 0.580. The van der Waals surface area contributed by atoms with Gasteiger partial charge in [0, 0.05) is 29.0 Å². The molecule has 0 radical (unpaired) electrons. The van der Waals surface area contributed by atoms with Crippen LogP contribution in [0, 0.1) is 0 Å². The van der Waals surface area contributed by atoms with Gasteiger partial charge in [-0.1, -0.05) is 53.5 Å². The molecule has 0 aliphatic rings. The van der Waals surface area contributed by atoms with E-state index in [1.165, 1.54) is 5.57 Å². The highest BCUT2D eigenvalue weighted by Gasteiger charge is 2.05. The topological polar surface area (TPSA) is 17.8 Å². The lowest BCUT2D eigenvalue weighted by molar-refractivity contribution is 0.709. The SMILES string of the molecule is Clc1ccc(C(=CCCn2ccnc2)c2ccc(Cl)cc2)cc1. The van der Waals surface area contributed by atoms with Crippen LogP contribution in [0.25, 0.3) is 5.57 Å². The van der Waals surface area contributed by atoms with E-state index in [2.05, 4.69) is 15.6 Å². The van der Waals surface area contributed by atoms with Crippen LogP contribution in [0.15, 0.2) is 73.3 Å². The lowest BCUT2D eigenvalue weighted by Gasteiger charge is -2.10. The van der Waals surface area contributed by atoms with Gasteiger partial charge in [-0.15, -0.1) is 0 Å². The number of aryl methyl sites for hydroxylation is 1. The van der Waals surface area contributed by atoms with Crippen molar-refractivity contribution in [3.05, 3.63) is 94.5 Å². The average Bonchev–Trinajstić information content (AvgIpc) is 3.07. The summed E-state index contributed by atoms with van der Waals surface area (Å²) in [4.78, 5) is 4.07. The highest BCUT2D eigenvalue weighted by molar-refractivity contribution is 6.31. The van der Waals surface area contributed by atoms with Crippen LogP contribution in [0.1, 0.15) is 17.5 Å². The number of hydrogen-bond donors (Lipinski definition) is 0. The molecule has 2 aromatic carbocycles. The number of allylic oxidation sites excluding steroid dienone is 1. The van der Waals surface area contributed by atoms with Crippen molar-refractivity contribution in [1.29, 1.82) is 0 Å². The molecule has 0 fully saturated rings. The Kier molecular flexibility index (Phi) is 5.16. The van der Waals surface area contributed by atoms with E-state index in [1.54, 1.807) is 6.20 Å². The van der Waals surface area contributed by atoms with Crippen molar-refractivity contribution in [1.82, 2.24) is 9.55 Å². The smallest absolute Gasteiger partial charge is 0.0946 e. The van der Waals surface area contributed by atoms with Gasteiger partial charge in [-0.25, -0.2) is 4.98 Å². The molecule has 116 valence electrons. The summed E-state index contributed by atoms with van der Waals surface area (Å²) in [5.74, 6) is 0. The lowest BCUT2D eigenvalue weighted by Crippen LogP contribution is -1.94. The summed E-state index contributed by atoms with van der Waals surface area (Å²) in [7, 11) is 0. The fourth-order valence-electron chi connectivity index (χ4n) is 2.44. The first-order valence-corrected chi connectivity index (χ1v) is 8.16. The van der Waals surface area contributed by atoms with Crippen molar-refractivity contribution in [2.75, 3.05) is 0 Å². The van der Waals surface area contributed by atoms with Crippen molar-refractivity contribution in [3.8, 4) is 0 Å². The first-order valence-electron chi connectivity index (χ1n) is 7.40. The second kappa shape index (κ2) is 7.49. The number of aromatic nitrogens is 2. The van der Waals surface area contributed by atoms with Crippen LogP contribution in [0.5, 0.6) is 0 Å². The van der Waals surface area contributed by atoms with Crippen LogP contribution in [-0.4, -0.2) is 9.55 Å². The largest absolute Gasteiger partial charge is 0.337 e. The Balaban J connectivity index is 1.88. The summed E-state index contributed by atoms with van der Waals surface area (Å²) in [6.07, 6.45) is 8.75. The van der Waals surface area contributed by atoms with Crippen molar-refractivity contribution in [2.24, 2.45) is 0 Å². The molecule has 2 nitrogen and oxygen atoms in total. The van der Waals surface area contributed by atoms with E-state index in [9.17, 15) is 0 Å². The molecule has 1 aromatic heterocycles. The zero-order valence-corrected chi connectivity index (χ0v) is 14.0. The second-order valence-electron chi connectivity index (χ2n) is 5.22. The predicted molar refractivity (Wildman–Crippen MR) is 96.8 cm³/mol. The maximum absolute atomic E-state index is 6.01. The van der Waals surface area contributed by atoms with E-state index >= 15 is 0 Å². The third kappa shape index (κ3) is 4.25. The van der Waals surface area contributed by atoms with E-state index in [0.717, 1.165) is 34.1 Å². The highest BCUT2D eigenvalue weighted by Crippen LogP contribution is 2.26. The van der Waals surface area contributed by atoms with Crippen molar-refractivity contribution < 1.29 is 0 Å². The number of benzene rings is 2. The van der Waals surface area contributed by atoms with Crippen LogP contribution in [-0.2, 0) is 6.54 Å². The van der Waals surface area contributed by atoms with Gasteiger partial charge in [0.25, 0.3) is 0 Å². The van der Waals surface area contributed by atoms with Crippen LogP contribution in [0.4, 0.5) is 0 Å². The zero-order valence-electron chi connectivity index (χ0n) is 12.5. The van der Waals surface area contributed by atoms with Gasteiger partial charge in [0.15, 0.2) is 0 Å². The molecule has 0 bridgehead atoms. The summed E-state index contributed by atoms with van der Waals surface area (Å²) in [6, 6.07) is 15.8. The molecule has 23 heavy (non-hydrogen) atoms. The Morgan fingerprint density at radius 2 is 1.48 bits per heavy atom. The Morgan fingerprint density at radius 3 is 1.96 bits per heavy atom. The van der Waals surface area contributed by atoms with E-state index < -0.39 is 0 Å². The average molecular weight is 343 g/mol. The molecule has 0 saturated heterocycles. The molecule has 1 heterocycles. The van der Waals surface area contributed by atoms with Crippen molar-refractivity contribution in [2.45, 2.75) is 13.0 Å². The highest BCUT2D eigenvalue weighted by atomic mass is 35.5. The number of nitrogens with zero attached hydrogens (tertiary/aromatic N) is 2. The number of halogens is 2. The molecule has 0 aliphatic heterocycles. The van der Waals surface area contributed by atoms with Gasteiger partial charge in [0.05, 0.1) is 6.33 Å². The predicted octanol–water partition coefficient (Wildman–Crippen LogP) is 5.71. The van der Waals surface area contributed by atoms with Crippen molar-refractivity contribution in [3.63, 3.8) is 0 Å². The molecule has 0 saturated carbocycles. The van der Waals surface area contributed by atoms with Crippen LogP contribution < -0.4 is 0 Å². The fraction of sp³-hybridized carbons (Fsp3) is 0.105. The van der Waals surface area contributed by atoms with Gasteiger partial charge in [-0.3, -0.25) is 0 Å². The van der Waals surface area contributed by atoms with Gasteiger partial charge >= 0.3 is 0 Å². The number of hydrogen-bond acceptors (Lipinski definition) is 1. The van der Waals surface area contributed by atoms with Gasteiger partial charge in [0.2, 0.25) is 0 Å². The van der Waals surface area contributed by atoms with E-state index in [-0.39, 0.29) is 0 Å². The lowest BCUT2D eigenvalue weighted by atomic mass is 9.97. The minimum Gasteiger partial charge on any atom is -0.337 e. The summed E-state index contributed by atoms with van der Waals surface area (Å²) in [5, 5.41) is 1.48. The third-order valence-corrected chi connectivity index (χ3v) is 4.11. The summed E-state index contributed by atoms with van der Waals surface area (Å²) < 4.78 is 2.07. The molecule has 0 spiro atoms. The molecular formula is C19H16Cl2N2. The monoisotopic (exact) mass is 342 g/mol. The second-order valence-corrected chi connectivity index (χ2v) is 6.09. The fourth-order valence-corrected chi connectivity index (χ4v) is 2.69. The van der Waals surface area contributed by atoms with Gasteiger partial charge in [-0.05, 0) is 47.4 Å². The van der Waals surface area contributed by atoms with E-state index in [1.807, 2.05) is 61.1 Å².